The summed E-state index contributed by atoms with van der Waals surface area (Å²) in [5, 5.41) is 0. The van der Waals surface area contributed by atoms with E-state index in [0.717, 1.165) is 48.5 Å². The molecule has 0 N–H and O–H groups in total. The summed E-state index contributed by atoms with van der Waals surface area (Å²) in [6.45, 7) is 2.84. The van der Waals surface area contributed by atoms with Gasteiger partial charge in [-0.3, -0.25) is 9.69 Å². The first kappa shape index (κ1) is 19.2. The highest BCUT2D eigenvalue weighted by atomic mass is 79.9. The van der Waals surface area contributed by atoms with E-state index in [4.69, 9.17) is 0 Å². The normalized spacial score (nSPS) is 22.3. The molecule has 0 aliphatic carbocycles. The van der Waals surface area contributed by atoms with Gasteiger partial charge in [-0.1, -0.05) is 15.9 Å². The van der Waals surface area contributed by atoms with Gasteiger partial charge in [-0.25, -0.2) is 8.42 Å². The van der Waals surface area contributed by atoms with Crippen LogP contribution in [-0.4, -0.2) is 73.6 Å². The molecule has 1 unspecified atom stereocenters. The van der Waals surface area contributed by atoms with Gasteiger partial charge in [0.15, 0.2) is 9.84 Å². The van der Waals surface area contributed by atoms with E-state index in [-0.39, 0.29) is 17.7 Å². The van der Waals surface area contributed by atoms with E-state index >= 15 is 0 Å². The lowest BCUT2D eigenvalue weighted by molar-refractivity contribution is -0.135. The van der Waals surface area contributed by atoms with E-state index in [1.165, 1.54) is 0 Å². The van der Waals surface area contributed by atoms with Crippen molar-refractivity contribution in [2.24, 2.45) is 0 Å². The fourth-order valence-corrected chi connectivity index (χ4v) is 5.79. The monoisotopic (exact) mass is 446 g/mol. The Morgan fingerprint density at radius 1 is 1.16 bits per heavy atom. The molecular weight excluding hydrogens is 424 g/mol. The van der Waals surface area contributed by atoms with E-state index in [9.17, 15) is 13.2 Å². The molecule has 1 amide bonds. The lowest BCUT2D eigenvalue weighted by Gasteiger charge is -2.32. The third-order valence-corrected chi connectivity index (χ3v) is 7.97. The molecule has 0 radical (unpaired) electrons. The molecule has 2 fully saturated rings. The maximum absolute atomic E-state index is 12.8. The minimum Gasteiger partial charge on any atom is -0.340 e. The maximum Gasteiger partial charge on any atom is 0.239 e. The van der Waals surface area contributed by atoms with Crippen molar-refractivity contribution in [1.29, 1.82) is 0 Å². The van der Waals surface area contributed by atoms with Crippen LogP contribution in [0.4, 0.5) is 0 Å². The van der Waals surface area contributed by atoms with E-state index in [0.29, 0.717) is 11.4 Å². The molecule has 2 heterocycles. The largest absolute Gasteiger partial charge is 0.340 e. The van der Waals surface area contributed by atoms with E-state index in [1.54, 1.807) is 24.3 Å². The molecule has 0 saturated carbocycles. The number of carbonyl (C=O) groups is 1. The van der Waals surface area contributed by atoms with Crippen molar-refractivity contribution in [1.82, 2.24) is 9.80 Å². The molecule has 2 aliphatic heterocycles. The fourth-order valence-electron chi connectivity index (χ4n) is 3.37. The number of hydrogen-bond donors (Lipinski definition) is 0. The van der Waals surface area contributed by atoms with Gasteiger partial charge in [0, 0.05) is 35.6 Å². The number of benzene rings is 1. The summed E-state index contributed by atoms with van der Waals surface area (Å²) in [5.41, 5.74) is 0. The molecular formula is C17H23BrN2O3S2. The third-order valence-electron chi connectivity index (χ3n) is 4.79. The summed E-state index contributed by atoms with van der Waals surface area (Å²) in [6, 6.07) is 6.57. The van der Waals surface area contributed by atoms with Crippen molar-refractivity contribution in [3.8, 4) is 0 Å². The average Bonchev–Trinajstić information content (AvgIpc) is 3.09. The number of likely N-dealkylation sites (tertiary alicyclic amines) is 1. The Balaban J connectivity index is 1.61. The van der Waals surface area contributed by atoms with E-state index in [1.807, 2.05) is 16.7 Å². The molecule has 25 heavy (non-hydrogen) atoms. The second-order valence-electron chi connectivity index (χ2n) is 6.40. The zero-order chi connectivity index (χ0) is 17.9. The predicted octanol–water partition coefficient (Wildman–Crippen LogP) is 2.26. The number of hydrogen-bond acceptors (Lipinski definition) is 5. The topological polar surface area (TPSA) is 57.7 Å². The van der Waals surface area contributed by atoms with E-state index in [2.05, 4.69) is 20.8 Å². The van der Waals surface area contributed by atoms with Crippen LogP contribution in [0.25, 0.3) is 0 Å². The average molecular weight is 447 g/mol. The Bertz CT molecular complexity index is 703. The van der Waals surface area contributed by atoms with Crippen LogP contribution in [0.3, 0.4) is 0 Å². The molecule has 138 valence electrons. The maximum atomic E-state index is 12.8. The summed E-state index contributed by atoms with van der Waals surface area (Å²) in [4.78, 5) is 17.1. The molecule has 1 aromatic carbocycles. The molecule has 3 rings (SSSR count). The molecule has 8 heteroatoms. The lowest BCUT2D eigenvalue weighted by Crippen LogP contribution is -2.49. The van der Waals surface area contributed by atoms with Gasteiger partial charge in [0.2, 0.25) is 5.91 Å². The van der Waals surface area contributed by atoms with Crippen molar-refractivity contribution in [2.75, 3.05) is 43.4 Å². The summed E-state index contributed by atoms with van der Waals surface area (Å²) < 4.78 is 25.9. The van der Waals surface area contributed by atoms with Crippen molar-refractivity contribution in [3.05, 3.63) is 28.7 Å². The van der Waals surface area contributed by atoms with Crippen LogP contribution < -0.4 is 0 Å². The lowest BCUT2D eigenvalue weighted by atomic mass is 10.2. The number of halogens is 1. The van der Waals surface area contributed by atoms with Gasteiger partial charge in [0.1, 0.15) is 0 Å². The first-order valence-electron chi connectivity index (χ1n) is 8.56. The van der Waals surface area contributed by atoms with Crippen LogP contribution in [-0.2, 0) is 14.6 Å². The first-order chi connectivity index (χ1) is 12.0. The minimum atomic E-state index is -3.33. The second-order valence-corrected chi connectivity index (χ2v) is 10.7. The van der Waals surface area contributed by atoms with Gasteiger partial charge >= 0.3 is 0 Å². The van der Waals surface area contributed by atoms with Crippen molar-refractivity contribution >= 4 is 43.4 Å². The molecule has 0 bridgehead atoms. The predicted molar refractivity (Wildman–Crippen MR) is 105 cm³/mol. The van der Waals surface area contributed by atoms with Crippen molar-refractivity contribution in [3.63, 3.8) is 0 Å². The van der Waals surface area contributed by atoms with Crippen LogP contribution in [0.15, 0.2) is 33.6 Å². The number of amides is 1. The highest BCUT2D eigenvalue weighted by Crippen LogP contribution is 2.22. The van der Waals surface area contributed by atoms with E-state index < -0.39 is 9.84 Å². The zero-order valence-electron chi connectivity index (χ0n) is 14.1. The molecule has 5 nitrogen and oxygen atoms in total. The number of rotatable bonds is 5. The number of sulfone groups is 1. The van der Waals surface area contributed by atoms with Crippen LogP contribution in [0.5, 0.6) is 0 Å². The van der Waals surface area contributed by atoms with Crippen LogP contribution in [0.2, 0.25) is 0 Å². The Morgan fingerprint density at radius 3 is 2.52 bits per heavy atom. The SMILES string of the molecule is O=C(C1CCCN1CCS(=O)(=O)c1ccc(Br)cc1)N1CCSCC1. The number of carbonyl (C=O) groups excluding carboxylic acids is 1. The Morgan fingerprint density at radius 2 is 1.84 bits per heavy atom. The molecule has 1 aromatic rings. The summed E-state index contributed by atoms with van der Waals surface area (Å²) in [7, 11) is -3.33. The standard InChI is InChI=1S/C17H23BrN2O3S2/c18-14-3-5-15(6-4-14)25(22,23)13-10-19-7-1-2-16(19)17(21)20-8-11-24-12-9-20/h3-6,16H,1-2,7-13H2. The molecule has 1 atom stereocenters. The van der Waals surface area contributed by atoms with Gasteiger partial charge in [-0.05, 0) is 43.7 Å². The minimum absolute atomic E-state index is 0.0499. The molecule has 2 aliphatic rings. The van der Waals surface area contributed by atoms with Crippen molar-refractivity contribution < 1.29 is 13.2 Å². The Hall–Kier alpha value is -0.570. The summed E-state index contributed by atoms with van der Waals surface area (Å²) in [6.07, 6.45) is 1.79. The number of thioether (sulfide) groups is 1. The van der Waals surface area contributed by atoms with Crippen LogP contribution in [0, 0.1) is 0 Å². The summed E-state index contributed by atoms with van der Waals surface area (Å²) >= 11 is 5.20. The van der Waals surface area contributed by atoms with Crippen LogP contribution >= 0.6 is 27.7 Å². The highest BCUT2D eigenvalue weighted by molar-refractivity contribution is 9.10. The first-order valence-corrected chi connectivity index (χ1v) is 12.2. The Labute approximate surface area is 162 Å². The van der Waals surface area contributed by atoms with Crippen LogP contribution in [0.1, 0.15) is 12.8 Å². The fraction of sp³-hybridized carbons (Fsp3) is 0.588. The smallest absolute Gasteiger partial charge is 0.239 e. The highest BCUT2D eigenvalue weighted by Gasteiger charge is 2.34. The molecule has 2 saturated heterocycles. The third kappa shape index (κ3) is 4.78. The molecule has 0 aromatic heterocycles. The van der Waals surface area contributed by atoms with Gasteiger partial charge in [-0.15, -0.1) is 0 Å². The van der Waals surface area contributed by atoms with Crippen molar-refractivity contribution in [2.45, 2.75) is 23.8 Å². The quantitative estimate of drug-likeness (QED) is 0.693. The van der Waals surface area contributed by atoms with Gasteiger partial charge in [-0.2, -0.15) is 11.8 Å². The Kier molecular flexibility index (Phi) is 6.46. The molecule has 0 spiro atoms. The van der Waals surface area contributed by atoms with Gasteiger partial charge in [0.25, 0.3) is 0 Å². The van der Waals surface area contributed by atoms with Gasteiger partial charge < -0.3 is 4.90 Å². The number of nitrogens with zero attached hydrogens (tertiary/aromatic N) is 2. The summed E-state index contributed by atoms with van der Waals surface area (Å²) in [5.74, 6) is 2.22. The zero-order valence-corrected chi connectivity index (χ0v) is 17.3. The van der Waals surface area contributed by atoms with Gasteiger partial charge in [0.05, 0.1) is 16.7 Å². The second kappa shape index (κ2) is 8.41.